The molecule has 110 valence electrons. The van der Waals surface area contributed by atoms with Gasteiger partial charge in [-0.25, -0.2) is 9.18 Å². The van der Waals surface area contributed by atoms with Crippen molar-refractivity contribution >= 4 is 15.9 Å². The highest BCUT2D eigenvalue weighted by atomic mass is 79.9. The Bertz CT molecular complexity index is 615. The number of hydrogen-bond donors (Lipinski definition) is 3. The van der Waals surface area contributed by atoms with Gasteiger partial charge in [-0.3, -0.25) is 14.3 Å². The highest BCUT2D eigenvalue weighted by molar-refractivity contribution is 9.11. The third-order valence-corrected chi connectivity index (χ3v) is 3.27. The van der Waals surface area contributed by atoms with Gasteiger partial charge in [0.25, 0.3) is 5.56 Å². The van der Waals surface area contributed by atoms with E-state index in [1.807, 2.05) is 4.98 Å². The highest BCUT2D eigenvalue weighted by Gasteiger charge is 2.47. The molecule has 0 aliphatic carbocycles. The molecule has 9 heteroatoms. The van der Waals surface area contributed by atoms with Gasteiger partial charge in [-0.2, -0.15) is 0 Å². The molecule has 1 aliphatic heterocycles. The summed E-state index contributed by atoms with van der Waals surface area (Å²) in [4.78, 5) is 25.8. The van der Waals surface area contributed by atoms with E-state index in [1.54, 1.807) is 0 Å². The second kappa shape index (κ2) is 6.00. The highest BCUT2D eigenvalue weighted by Crippen LogP contribution is 2.32. The van der Waals surface area contributed by atoms with Crippen molar-refractivity contribution in [2.75, 3.05) is 0 Å². The first-order valence-electron chi connectivity index (χ1n) is 5.69. The zero-order chi connectivity index (χ0) is 14.9. The molecule has 0 amide bonds. The van der Waals surface area contributed by atoms with E-state index in [0.717, 1.165) is 16.8 Å². The number of hydrogen-bond acceptors (Lipinski definition) is 5. The summed E-state index contributed by atoms with van der Waals surface area (Å²) in [5, 5.41) is 19.4. The predicted molar refractivity (Wildman–Crippen MR) is 70.2 cm³/mol. The van der Waals surface area contributed by atoms with Crippen LogP contribution in [0.15, 0.2) is 32.9 Å². The minimum atomic E-state index is -1.91. The Morgan fingerprint density at radius 2 is 2.25 bits per heavy atom. The maximum Gasteiger partial charge on any atom is 0.330 e. The molecule has 1 aromatic rings. The van der Waals surface area contributed by atoms with Crippen molar-refractivity contribution in [2.45, 2.75) is 30.7 Å². The van der Waals surface area contributed by atoms with E-state index >= 15 is 0 Å². The van der Waals surface area contributed by atoms with Crippen LogP contribution in [0.25, 0.3) is 0 Å². The van der Waals surface area contributed by atoms with E-state index in [1.165, 1.54) is 11.1 Å². The van der Waals surface area contributed by atoms with E-state index in [-0.39, 0.29) is 0 Å². The summed E-state index contributed by atoms with van der Waals surface area (Å²) < 4.78 is 20.0. The number of halogens is 2. The summed E-state index contributed by atoms with van der Waals surface area (Å²) in [6.45, 7) is 0. The average Bonchev–Trinajstić information content (AvgIpc) is 2.67. The van der Waals surface area contributed by atoms with Gasteiger partial charge in [0.05, 0.1) is 0 Å². The van der Waals surface area contributed by atoms with Crippen molar-refractivity contribution in [2.24, 2.45) is 0 Å². The van der Waals surface area contributed by atoms with Gasteiger partial charge in [0.15, 0.2) is 12.4 Å². The number of nitrogens with one attached hydrogen (secondary N) is 1. The smallest absolute Gasteiger partial charge is 0.330 e. The van der Waals surface area contributed by atoms with Crippen LogP contribution >= 0.6 is 15.9 Å². The number of aromatic amines is 1. The van der Waals surface area contributed by atoms with Crippen molar-refractivity contribution in [1.29, 1.82) is 0 Å². The summed E-state index contributed by atoms with van der Waals surface area (Å²) in [5.41, 5.74) is -1.48. The molecule has 2 heterocycles. The van der Waals surface area contributed by atoms with E-state index in [9.17, 15) is 24.2 Å². The Labute approximate surface area is 120 Å². The lowest BCUT2D eigenvalue weighted by Crippen LogP contribution is -2.36. The maximum absolute atomic E-state index is 14.0. The van der Waals surface area contributed by atoms with Gasteiger partial charge in [-0.15, -0.1) is 0 Å². The van der Waals surface area contributed by atoms with Crippen LogP contribution in [0.3, 0.4) is 0 Å². The van der Waals surface area contributed by atoms with Crippen molar-refractivity contribution < 1.29 is 19.3 Å². The van der Waals surface area contributed by atoms with Crippen molar-refractivity contribution in [3.8, 4) is 0 Å². The number of nitrogens with zero attached hydrogens (tertiary/aromatic N) is 1. The molecule has 3 N–H and O–H groups in total. The number of aromatic nitrogens is 2. The van der Waals surface area contributed by atoms with Crippen LogP contribution < -0.4 is 11.2 Å². The quantitative estimate of drug-likeness (QED) is 0.675. The fourth-order valence-corrected chi connectivity index (χ4v) is 2.29. The summed E-state index contributed by atoms with van der Waals surface area (Å²) in [5.74, 6) is 0. The molecule has 1 fully saturated rings. The average molecular weight is 351 g/mol. The fourth-order valence-electron chi connectivity index (χ4n) is 1.98. The van der Waals surface area contributed by atoms with Crippen LogP contribution in [0.4, 0.5) is 4.39 Å². The van der Waals surface area contributed by atoms with Gasteiger partial charge < -0.3 is 14.9 Å². The molecule has 0 radical (unpaired) electrons. The molecule has 2 rings (SSSR count). The normalized spacial score (nSPS) is 31.8. The van der Waals surface area contributed by atoms with Gasteiger partial charge in [-0.1, -0.05) is 15.9 Å². The standard InChI is InChI=1S/C11H12BrFN2O5/c12-3-1-5(16)9-8(18)7(13)10(20-9)15-4-2-6(17)14-11(15)19/h1-5,7-10,16,18H,(H,14,17,19)/b3-1+/t5?,7-,8+,9-,10-/m0/s1. The van der Waals surface area contributed by atoms with Crippen LogP contribution in [0.2, 0.25) is 0 Å². The SMILES string of the molecule is O=c1ccn([C@H]2O[C@@H](C(O)/C=C/Br)[C@H](O)[C@@H]2F)c(=O)[nH]1. The molecule has 0 aromatic carbocycles. The minimum absolute atomic E-state index is 0.626. The van der Waals surface area contributed by atoms with Crippen LogP contribution in [0.5, 0.6) is 0 Å². The maximum atomic E-state index is 14.0. The number of H-pyrrole nitrogens is 1. The Hall–Kier alpha value is -1.29. The second-order valence-corrected chi connectivity index (χ2v) is 4.78. The molecular formula is C11H12BrFN2O5. The summed E-state index contributed by atoms with van der Waals surface area (Å²) in [6.07, 6.45) is -5.07. The molecule has 20 heavy (non-hydrogen) atoms. The molecule has 0 saturated carbocycles. The number of aliphatic hydroxyl groups excluding tert-OH is 2. The number of rotatable bonds is 3. The Morgan fingerprint density at radius 3 is 2.85 bits per heavy atom. The number of ether oxygens (including phenoxy) is 1. The molecule has 1 unspecified atom stereocenters. The van der Waals surface area contributed by atoms with Crippen LogP contribution in [-0.2, 0) is 4.74 Å². The predicted octanol–water partition coefficient (Wildman–Crippen LogP) is -0.598. The first-order chi connectivity index (χ1) is 9.45. The topological polar surface area (TPSA) is 105 Å². The molecule has 0 spiro atoms. The lowest BCUT2D eigenvalue weighted by molar-refractivity contribution is -0.0700. The number of aliphatic hydroxyl groups is 2. The van der Waals surface area contributed by atoms with E-state index < -0.39 is 42.0 Å². The third kappa shape index (κ3) is 2.75. The molecular weight excluding hydrogens is 339 g/mol. The van der Waals surface area contributed by atoms with E-state index in [4.69, 9.17) is 4.74 Å². The lowest BCUT2D eigenvalue weighted by Gasteiger charge is -2.18. The Kier molecular flexibility index (Phi) is 4.53. The van der Waals surface area contributed by atoms with Gasteiger partial charge >= 0.3 is 5.69 Å². The van der Waals surface area contributed by atoms with Crippen molar-refractivity contribution in [1.82, 2.24) is 9.55 Å². The van der Waals surface area contributed by atoms with E-state index in [2.05, 4.69) is 15.9 Å². The first-order valence-corrected chi connectivity index (χ1v) is 6.61. The molecule has 1 aromatic heterocycles. The minimum Gasteiger partial charge on any atom is -0.387 e. The number of alkyl halides is 1. The summed E-state index contributed by atoms with van der Waals surface area (Å²) in [6, 6.07) is 1.03. The monoisotopic (exact) mass is 350 g/mol. The summed E-state index contributed by atoms with van der Waals surface area (Å²) >= 11 is 2.95. The fraction of sp³-hybridized carbons (Fsp3) is 0.455. The molecule has 0 bridgehead atoms. The van der Waals surface area contributed by atoms with Crippen LogP contribution in [0.1, 0.15) is 6.23 Å². The van der Waals surface area contributed by atoms with Crippen molar-refractivity contribution in [3.63, 3.8) is 0 Å². The second-order valence-electron chi connectivity index (χ2n) is 4.25. The third-order valence-electron chi connectivity index (χ3n) is 2.96. The molecule has 5 atom stereocenters. The zero-order valence-electron chi connectivity index (χ0n) is 10.0. The van der Waals surface area contributed by atoms with Crippen LogP contribution in [0, 0.1) is 0 Å². The van der Waals surface area contributed by atoms with Gasteiger partial charge in [-0.05, 0) is 11.1 Å². The van der Waals surface area contributed by atoms with E-state index in [0.29, 0.717) is 0 Å². The Balaban J connectivity index is 2.30. The molecule has 7 nitrogen and oxygen atoms in total. The molecule has 1 saturated heterocycles. The lowest BCUT2D eigenvalue weighted by atomic mass is 10.1. The van der Waals surface area contributed by atoms with Gasteiger partial charge in [0, 0.05) is 12.3 Å². The largest absolute Gasteiger partial charge is 0.387 e. The van der Waals surface area contributed by atoms with Crippen LogP contribution in [-0.4, -0.2) is 44.2 Å². The molecule has 1 aliphatic rings. The van der Waals surface area contributed by atoms with Gasteiger partial charge in [0.2, 0.25) is 0 Å². The zero-order valence-corrected chi connectivity index (χ0v) is 11.6. The Morgan fingerprint density at radius 1 is 1.55 bits per heavy atom. The first kappa shape index (κ1) is 15.1. The van der Waals surface area contributed by atoms with Gasteiger partial charge in [0.1, 0.15) is 18.3 Å². The summed E-state index contributed by atoms with van der Waals surface area (Å²) in [7, 11) is 0. The van der Waals surface area contributed by atoms with Crippen molar-refractivity contribution in [3.05, 3.63) is 44.2 Å².